The van der Waals surface area contributed by atoms with Gasteiger partial charge in [0, 0.05) is 32.1 Å². The van der Waals surface area contributed by atoms with E-state index >= 15 is 0 Å². The van der Waals surface area contributed by atoms with Gasteiger partial charge in [-0.2, -0.15) is 0 Å². The summed E-state index contributed by atoms with van der Waals surface area (Å²) in [6.07, 6.45) is 2.32. The van der Waals surface area contributed by atoms with Crippen molar-refractivity contribution in [1.29, 1.82) is 0 Å². The van der Waals surface area contributed by atoms with Crippen molar-refractivity contribution in [3.63, 3.8) is 0 Å². The molecule has 0 unspecified atom stereocenters. The molecule has 1 aliphatic heterocycles. The number of amides is 1. The Bertz CT molecular complexity index is 647. The van der Waals surface area contributed by atoms with E-state index in [0.717, 1.165) is 24.3 Å². The average Bonchev–Trinajstić information content (AvgIpc) is 3.16. The zero-order valence-corrected chi connectivity index (χ0v) is 16.2. The first-order valence-electron chi connectivity index (χ1n) is 9.40. The van der Waals surface area contributed by atoms with E-state index < -0.39 is 23.4 Å². The van der Waals surface area contributed by atoms with Crippen molar-refractivity contribution in [2.75, 3.05) is 31.2 Å². The lowest BCUT2D eigenvalue weighted by atomic mass is 9.90. The fraction of sp³-hybridized carbons (Fsp3) is 0.550. The summed E-state index contributed by atoms with van der Waals surface area (Å²) in [5, 5.41) is 2.48. The Morgan fingerprint density at radius 2 is 1.52 bits per heavy atom. The summed E-state index contributed by atoms with van der Waals surface area (Å²) in [7, 11) is 0. The van der Waals surface area contributed by atoms with Gasteiger partial charge in [0.05, 0.1) is 13.2 Å². The van der Waals surface area contributed by atoms with E-state index in [2.05, 4.69) is 10.2 Å². The van der Waals surface area contributed by atoms with Crippen LogP contribution in [0.25, 0.3) is 0 Å². The van der Waals surface area contributed by atoms with E-state index in [0.29, 0.717) is 0 Å². The van der Waals surface area contributed by atoms with Crippen LogP contribution in [0, 0.1) is 0 Å². The number of hydrogen-bond acceptors (Lipinski definition) is 6. The predicted molar refractivity (Wildman–Crippen MR) is 101 cm³/mol. The van der Waals surface area contributed by atoms with E-state index in [9.17, 15) is 14.4 Å². The molecule has 1 aliphatic rings. The normalized spacial score (nSPS) is 14.0. The highest BCUT2D eigenvalue weighted by molar-refractivity contribution is 6.08. The first kappa shape index (κ1) is 20.7. The second-order valence-electron chi connectivity index (χ2n) is 6.56. The summed E-state index contributed by atoms with van der Waals surface area (Å²) in [6.45, 7) is 6.78. The van der Waals surface area contributed by atoms with Gasteiger partial charge in [0.25, 0.3) is 0 Å². The van der Waals surface area contributed by atoms with Crippen LogP contribution in [-0.2, 0) is 30.3 Å². The highest BCUT2D eigenvalue weighted by atomic mass is 16.6. The molecule has 1 aromatic rings. The average molecular weight is 376 g/mol. The molecule has 0 aliphatic carbocycles. The van der Waals surface area contributed by atoms with Gasteiger partial charge in [0.15, 0.2) is 0 Å². The molecule has 1 saturated heterocycles. The molecule has 1 N–H and O–H groups in total. The molecule has 27 heavy (non-hydrogen) atoms. The first-order valence-corrected chi connectivity index (χ1v) is 9.40. The van der Waals surface area contributed by atoms with Crippen LogP contribution in [0.15, 0.2) is 24.3 Å². The van der Waals surface area contributed by atoms with Crippen molar-refractivity contribution in [2.45, 2.75) is 45.6 Å². The molecule has 1 heterocycles. The van der Waals surface area contributed by atoms with Gasteiger partial charge in [-0.25, -0.2) is 9.59 Å². The monoisotopic (exact) mass is 376 g/mol. The lowest BCUT2D eigenvalue weighted by Crippen LogP contribution is -2.62. The molecule has 7 nitrogen and oxygen atoms in total. The molecule has 148 valence electrons. The minimum Gasteiger partial charge on any atom is -0.464 e. The summed E-state index contributed by atoms with van der Waals surface area (Å²) < 4.78 is 10.2. The molecule has 0 bridgehead atoms. The summed E-state index contributed by atoms with van der Waals surface area (Å²) >= 11 is 0. The van der Waals surface area contributed by atoms with E-state index in [4.69, 9.17) is 9.47 Å². The Morgan fingerprint density at radius 3 is 1.96 bits per heavy atom. The molecule has 1 fully saturated rings. The SMILES string of the molecule is CCOC(=O)C(Cc1ccc(N2CCCC2)cc1)(NC(C)=O)C(=O)OCC. The third-order valence-corrected chi connectivity index (χ3v) is 4.51. The molecule has 0 aromatic heterocycles. The van der Waals surface area contributed by atoms with Crippen LogP contribution in [0.4, 0.5) is 5.69 Å². The smallest absolute Gasteiger partial charge is 0.344 e. The van der Waals surface area contributed by atoms with Gasteiger partial charge in [-0.05, 0) is 44.4 Å². The van der Waals surface area contributed by atoms with Crippen LogP contribution < -0.4 is 10.2 Å². The van der Waals surface area contributed by atoms with Gasteiger partial charge in [0.2, 0.25) is 11.4 Å². The Balaban J connectivity index is 2.32. The molecular formula is C20H28N2O5. The van der Waals surface area contributed by atoms with Gasteiger partial charge in [0.1, 0.15) is 0 Å². The number of carbonyl (C=O) groups is 3. The van der Waals surface area contributed by atoms with E-state index in [1.54, 1.807) is 13.8 Å². The Kier molecular flexibility index (Phi) is 7.21. The van der Waals surface area contributed by atoms with Crippen molar-refractivity contribution < 1.29 is 23.9 Å². The van der Waals surface area contributed by atoms with E-state index in [1.165, 1.54) is 19.8 Å². The van der Waals surface area contributed by atoms with E-state index in [1.807, 2.05) is 24.3 Å². The number of ether oxygens (including phenoxy) is 2. The quantitative estimate of drug-likeness (QED) is 0.550. The first-order chi connectivity index (χ1) is 12.9. The van der Waals surface area contributed by atoms with Crippen LogP contribution in [0.2, 0.25) is 0 Å². The van der Waals surface area contributed by atoms with Crippen molar-refractivity contribution in [3.05, 3.63) is 29.8 Å². The number of nitrogens with zero attached hydrogens (tertiary/aromatic N) is 1. The lowest BCUT2D eigenvalue weighted by Gasteiger charge is -2.30. The summed E-state index contributed by atoms with van der Waals surface area (Å²) in [6, 6.07) is 7.66. The highest BCUT2D eigenvalue weighted by Crippen LogP contribution is 2.24. The van der Waals surface area contributed by atoms with Crippen molar-refractivity contribution in [1.82, 2.24) is 5.32 Å². The number of esters is 2. The molecule has 0 radical (unpaired) electrons. The third kappa shape index (κ3) is 4.99. The standard InChI is InChI=1S/C20H28N2O5/c1-4-26-18(24)20(21-15(3)23,19(25)27-5-2)14-16-8-10-17(11-9-16)22-12-6-7-13-22/h8-11H,4-7,12-14H2,1-3H3,(H,21,23). The molecule has 7 heteroatoms. The number of hydrogen-bond donors (Lipinski definition) is 1. The Hall–Kier alpha value is -2.57. The van der Waals surface area contributed by atoms with Crippen molar-refractivity contribution in [2.24, 2.45) is 0 Å². The minimum atomic E-state index is -1.90. The minimum absolute atomic E-state index is 0.0372. The van der Waals surface area contributed by atoms with Gasteiger partial charge >= 0.3 is 11.9 Å². The molecule has 0 saturated carbocycles. The Labute approximate surface area is 160 Å². The number of rotatable bonds is 8. The Morgan fingerprint density at radius 1 is 1.00 bits per heavy atom. The zero-order valence-electron chi connectivity index (χ0n) is 16.2. The van der Waals surface area contributed by atoms with Gasteiger partial charge in [-0.3, -0.25) is 4.79 Å². The summed E-state index contributed by atoms with van der Waals surface area (Å²) in [5.74, 6) is -2.14. The maximum atomic E-state index is 12.7. The number of nitrogens with one attached hydrogen (secondary N) is 1. The maximum absolute atomic E-state index is 12.7. The van der Waals surface area contributed by atoms with Crippen LogP contribution in [0.1, 0.15) is 39.2 Å². The molecule has 0 atom stereocenters. The number of carbonyl (C=O) groups excluding carboxylic acids is 3. The topological polar surface area (TPSA) is 84.9 Å². The highest BCUT2D eigenvalue weighted by Gasteiger charge is 2.50. The van der Waals surface area contributed by atoms with Gasteiger partial charge < -0.3 is 19.7 Å². The molecule has 1 amide bonds. The van der Waals surface area contributed by atoms with Crippen LogP contribution >= 0.6 is 0 Å². The zero-order chi connectivity index (χ0) is 19.9. The summed E-state index contributed by atoms with van der Waals surface area (Å²) in [4.78, 5) is 39.4. The fourth-order valence-electron chi connectivity index (χ4n) is 3.29. The van der Waals surface area contributed by atoms with Gasteiger partial charge in [-0.15, -0.1) is 0 Å². The van der Waals surface area contributed by atoms with E-state index in [-0.39, 0.29) is 19.6 Å². The third-order valence-electron chi connectivity index (χ3n) is 4.51. The van der Waals surface area contributed by atoms with Crippen molar-refractivity contribution in [3.8, 4) is 0 Å². The lowest BCUT2D eigenvalue weighted by molar-refractivity contribution is -0.168. The molecule has 0 spiro atoms. The maximum Gasteiger partial charge on any atom is 0.344 e. The van der Waals surface area contributed by atoms with Crippen molar-refractivity contribution >= 4 is 23.5 Å². The second-order valence-corrected chi connectivity index (χ2v) is 6.56. The molecular weight excluding hydrogens is 348 g/mol. The van der Waals surface area contributed by atoms with Crippen LogP contribution in [0.5, 0.6) is 0 Å². The largest absolute Gasteiger partial charge is 0.464 e. The molecule has 2 rings (SSSR count). The number of benzene rings is 1. The van der Waals surface area contributed by atoms with Crippen LogP contribution in [0.3, 0.4) is 0 Å². The second kappa shape index (κ2) is 9.39. The van der Waals surface area contributed by atoms with Gasteiger partial charge in [-0.1, -0.05) is 12.1 Å². The summed E-state index contributed by atoms with van der Waals surface area (Å²) in [5.41, 5.74) is -0.0611. The van der Waals surface area contributed by atoms with Crippen LogP contribution in [-0.4, -0.2) is 49.7 Å². The number of anilines is 1. The fourth-order valence-corrected chi connectivity index (χ4v) is 3.29. The predicted octanol–water partition coefficient (Wildman–Crippen LogP) is 1.83. The molecule has 1 aromatic carbocycles.